The van der Waals surface area contributed by atoms with Crippen molar-refractivity contribution in [2.24, 2.45) is 0 Å². The van der Waals surface area contributed by atoms with Gasteiger partial charge in [-0.25, -0.2) is 0 Å². The van der Waals surface area contributed by atoms with Crippen LogP contribution in [0.3, 0.4) is 0 Å². The Kier molecular flexibility index (Phi) is 7.01. The van der Waals surface area contributed by atoms with Crippen molar-refractivity contribution in [2.45, 2.75) is 32.7 Å². The molecular formula is C21H25F2NO3. The monoisotopic (exact) mass is 377 g/mol. The fourth-order valence-electron chi connectivity index (χ4n) is 3.20. The van der Waals surface area contributed by atoms with Crippen molar-refractivity contribution >= 4 is 0 Å². The molecule has 0 aromatic heterocycles. The minimum atomic E-state index is -2.85. The van der Waals surface area contributed by atoms with Crippen LogP contribution in [0.2, 0.25) is 0 Å². The smallest absolute Gasteiger partial charge is 0.387 e. The Hall–Kier alpha value is -2.18. The van der Waals surface area contributed by atoms with E-state index >= 15 is 0 Å². The molecule has 27 heavy (non-hydrogen) atoms. The van der Waals surface area contributed by atoms with E-state index in [2.05, 4.69) is 16.6 Å². The van der Waals surface area contributed by atoms with E-state index in [4.69, 9.17) is 9.47 Å². The Morgan fingerprint density at radius 3 is 2.67 bits per heavy atom. The summed E-state index contributed by atoms with van der Waals surface area (Å²) in [6, 6.07) is 14.4. The number of rotatable bonds is 8. The molecule has 4 nitrogen and oxygen atoms in total. The first-order valence-electron chi connectivity index (χ1n) is 9.25. The third-order valence-electron chi connectivity index (χ3n) is 4.53. The summed E-state index contributed by atoms with van der Waals surface area (Å²) in [5.41, 5.74) is 1.69. The van der Waals surface area contributed by atoms with E-state index in [9.17, 15) is 8.78 Å². The van der Waals surface area contributed by atoms with Crippen LogP contribution in [0, 0.1) is 0 Å². The van der Waals surface area contributed by atoms with Crippen molar-refractivity contribution in [2.75, 3.05) is 26.2 Å². The number of ether oxygens (including phenoxy) is 3. The second-order valence-electron chi connectivity index (χ2n) is 6.50. The van der Waals surface area contributed by atoms with Gasteiger partial charge in [-0.2, -0.15) is 8.78 Å². The SMILES string of the molecule is CCCN1CCOC(c2ccc(OCc3ccccc3OC(F)F)cc2)C1. The molecule has 1 atom stereocenters. The topological polar surface area (TPSA) is 30.9 Å². The van der Waals surface area contributed by atoms with Crippen molar-refractivity contribution in [3.8, 4) is 11.5 Å². The number of hydrogen-bond donors (Lipinski definition) is 0. The van der Waals surface area contributed by atoms with E-state index in [0.717, 1.165) is 38.2 Å². The molecule has 3 rings (SSSR count). The zero-order valence-electron chi connectivity index (χ0n) is 15.4. The standard InChI is InChI=1S/C21H25F2NO3/c1-2-11-24-12-13-25-20(14-24)16-7-9-18(10-8-16)26-15-17-5-3-4-6-19(17)27-21(22)23/h3-10,20-21H,2,11-15H2,1H3. The lowest BCUT2D eigenvalue weighted by atomic mass is 10.1. The highest BCUT2D eigenvalue weighted by Gasteiger charge is 2.21. The molecule has 146 valence electrons. The molecule has 1 saturated heterocycles. The van der Waals surface area contributed by atoms with Gasteiger partial charge in [-0.15, -0.1) is 0 Å². The third kappa shape index (κ3) is 5.65. The fraction of sp³-hybridized carbons (Fsp3) is 0.429. The van der Waals surface area contributed by atoms with Crippen LogP contribution in [0.1, 0.15) is 30.6 Å². The van der Waals surface area contributed by atoms with Crippen molar-refractivity contribution in [1.29, 1.82) is 0 Å². The molecule has 1 aliphatic rings. The predicted octanol–water partition coefficient (Wildman–Crippen LogP) is 4.65. The van der Waals surface area contributed by atoms with Crippen LogP contribution in [-0.4, -0.2) is 37.8 Å². The van der Waals surface area contributed by atoms with Gasteiger partial charge in [0, 0.05) is 18.7 Å². The van der Waals surface area contributed by atoms with Crippen LogP contribution >= 0.6 is 0 Å². The van der Waals surface area contributed by atoms with Crippen LogP contribution < -0.4 is 9.47 Å². The van der Waals surface area contributed by atoms with Crippen molar-refractivity contribution < 1.29 is 23.0 Å². The lowest BCUT2D eigenvalue weighted by Crippen LogP contribution is -2.38. The van der Waals surface area contributed by atoms with E-state index in [-0.39, 0.29) is 18.5 Å². The fourth-order valence-corrected chi connectivity index (χ4v) is 3.20. The first-order chi connectivity index (χ1) is 13.2. The highest BCUT2D eigenvalue weighted by Crippen LogP contribution is 2.26. The summed E-state index contributed by atoms with van der Waals surface area (Å²) in [5, 5.41) is 0. The summed E-state index contributed by atoms with van der Waals surface area (Å²) in [4.78, 5) is 2.42. The van der Waals surface area contributed by atoms with Crippen molar-refractivity contribution in [3.05, 3.63) is 59.7 Å². The van der Waals surface area contributed by atoms with Crippen molar-refractivity contribution in [3.63, 3.8) is 0 Å². The van der Waals surface area contributed by atoms with Gasteiger partial charge in [0.2, 0.25) is 0 Å². The van der Waals surface area contributed by atoms with Gasteiger partial charge in [-0.1, -0.05) is 37.3 Å². The third-order valence-corrected chi connectivity index (χ3v) is 4.53. The van der Waals surface area contributed by atoms with E-state index in [1.54, 1.807) is 18.2 Å². The van der Waals surface area contributed by atoms with E-state index in [1.807, 2.05) is 24.3 Å². The van der Waals surface area contributed by atoms with Gasteiger partial charge in [0.25, 0.3) is 0 Å². The summed E-state index contributed by atoms with van der Waals surface area (Å²) in [6.07, 6.45) is 1.20. The Balaban J connectivity index is 1.58. The first kappa shape index (κ1) is 19.6. The number of hydrogen-bond acceptors (Lipinski definition) is 4. The largest absolute Gasteiger partial charge is 0.489 e. The van der Waals surface area contributed by atoms with Gasteiger partial charge in [0.05, 0.1) is 12.7 Å². The molecule has 0 amide bonds. The van der Waals surface area contributed by atoms with Crippen LogP contribution in [0.25, 0.3) is 0 Å². The lowest BCUT2D eigenvalue weighted by Gasteiger charge is -2.33. The average Bonchev–Trinajstić information content (AvgIpc) is 2.68. The molecule has 1 fully saturated rings. The molecule has 6 heteroatoms. The van der Waals surface area contributed by atoms with Gasteiger partial charge >= 0.3 is 6.61 Å². The summed E-state index contributed by atoms with van der Waals surface area (Å²) in [7, 11) is 0. The minimum absolute atomic E-state index is 0.0690. The molecule has 1 unspecified atom stereocenters. The van der Waals surface area contributed by atoms with Crippen LogP contribution in [0.5, 0.6) is 11.5 Å². The van der Waals surface area contributed by atoms with Gasteiger partial charge in [-0.05, 0) is 36.7 Å². The van der Waals surface area contributed by atoms with Gasteiger partial charge in [0.15, 0.2) is 0 Å². The molecule has 0 spiro atoms. The number of alkyl halides is 2. The number of nitrogens with zero attached hydrogens (tertiary/aromatic N) is 1. The zero-order chi connectivity index (χ0) is 19.1. The summed E-state index contributed by atoms with van der Waals surface area (Å²) in [6.45, 7) is 3.18. The number of halogens is 2. The molecular weight excluding hydrogens is 352 g/mol. The van der Waals surface area contributed by atoms with E-state index in [0.29, 0.717) is 11.3 Å². The molecule has 0 aliphatic carbocycles. The Labute approximate surface area is 158 Å². The van der Waals surface area contributed by atoms with Crippen molar-refractivity contribution in [1.82, 2.24) is 4.90 Å². The maximum Gasteiger partial charge on any atom is 0.387 e. The Morgan fingerprint density at radius 2 is 1.93 bits per heavy atom. The molecule has 0 N–H and O–H groups in total. The number of para-hydroxylation sites is 1. The predicted molar refractivity (Wildman–Crippen MR) is 99.3 cm³/mol. The summed E-state index contributed by atoms with van der Waals surface area (Å²) < 4.78 is 41.1. The minimum Gasteiger partial charge on any atom is -0.489 e. The molecule has 1 heterocycles. The molecule has 0 bridgehead atoms. The zero-order valence-corrected chi connectivity index (χ0v) is 15.4. The lowest BCUT2D eigenvalue weighted by molar-refractivity contribution is -0.0508. The number of benzene rings is 2. The maximum absolute atomic E-state index is 12.5. The summed E-state index contributed by atoms with van der Waals surface area (Å²) >= 11 is 0. The molecule has 0 radical (unpaired) electrons. The van der Waals surface area contributed by atoms with Crippen LogP contribution in [-0.2, 0) is 11.3 Å². The highest BCUT2D eigenvalue weighted by molar-refractivity contribution is 5.34. The molecule has 2 aromatic rings. The van der Waals surface area contributed by atoms with Gasteiger partial charge < -0.3 is 14.2 Å². The highest BCUT2D eigenvalue weighted by atomic mass is 19.3. The van der Waals surface area contributed by atoms with Gasteiger partial charge in [-0.3, -0.25) is 4.90 Å². The van der Waals surface area contributed by atoms with Crippen LogP contribution in [0.15, 0.2) is 48.5 Å². The first-order valence-corrected chi connectivity index (χ1v) is 9.25. The molecule has 0 saturated carbocycles. The second-order valence-corrected chi connectivity index (χ2v) is 6.50. The van der Waals surface area contributed by atoms with Crippen LogP contribution in [0.4, 0.5) is 8.78 Å². The average molecular weight is 377 g/mol. The quantitative estimate of drug-likeness (QED) is 0.670. The maximum atomic E-state index is 12.5. The van der Waals surface area contributed by atoms with E-state index < -0.39 is 6.61 Å². The number of morpholine rings is 1. The Morgan fingerprint density at radius 1 is 1.15 bits per heavy atom. The second kappa shape index (κ2) is 9.67. The van der Waals surface area contributed by atoms with Gasteiger partial charge in [0.1, 0.15) is 18.1 Å². The van der Waals surface area contributed by atoms with E-state index in [1.165, 1.54) is 6.07 Å². The molecule has 1 aliphatic heterocycles. The normalized spacial score (nSPS) is 17.9. The Bertz CT molecular complexity index is 707. The molecule has 2 aromatic carbocycles. The summed E-state index contributed by atoms with van der Waals surface area (Å²) in [5.74, 6) is 0.808.